The van der Waals surface area contributed by atoms with E-state index in [0.717, 1.165) is 25.9 Å². The Morgan fingerprint density at radius 2 is 2.28 bits per heavy atom. The highest BCUT2D eigenvalue weighted by atomic mass is 16.2. The maximum atomic E-state index is 12.2. The monoisotopic (exact) mass is 247 g/mol. The van der Waals surface area contributed by atoms with E-state index in [2.05, 4.69) is 10.3 Å². The number of nitrogens with zero attached hydrogens (tertiary/aromatic N) is 1. The van der Waals surface area contributed by atoms with E-state index in [0.29, 0.717) is 18.0 Å². The number of carbonyl (C=O) groups is 2. The first kappa shape index (κ1) is 11.3. The number of fused-ring (bicyclic) bond motifs is 1. The van der Waals surface area contributed by atoms with Crippen LogP contribution in [-0.2, 0) is 4.79 Å². The number of hydrogen-bond acceptors (Lipinski definition) is 2. The van der Waals surface area contributed by atoms with E-state index in [4.69, 9.17) is 0 Å². The molecule has 18 heavy (non-hydrogen) atoms. The van der Waals surface area contributed by atoms with Gasteiger partial charge in [0.15, 0.2) is 0 Å². The summed E-state index contributed by atoms with van der Waals surface area (Å²) in [6.07, 6.45) is 4.11. The van der Waals surface area contributed by atoms with E-state index in [1.54, 1.807) is 12.3 Å². The molecule has 0 aliphatic carbocycles. The number of rotatable bonds is 1. The largest absolute Gasteiger partial charge is 0.357 e. The molecule has 5 nitrogen and oxygen atoms in total. The minimum atomic E-state index is 0.0651. The van der Waals surface area contributed by atoms with Crippen LogP contribution in [0.1, 0.15) is 29.8 Å². The molecule has 0 spiro atoms. The summed E-state index contributed by atoms with van der Waals surface area (Å²) >= 11 is 0. The lowest BCUT2D eigenvalue weighted by Crippen LogP contribution is -2.55. The highest BCUT2D eigenvalue weighted by Gasteiger charge is 2.35. The second-order valence-electron chi connectivity index (χ2n) is 5.10. The van der Waals surface area contributed by atoms with Gasteiger partial charge in [-0.1, -0.05) is 0 Å². The molecule has 2 atom stereocenters. The number of nitrogens with one attached hydrogen (secondary N) is 2. The topological polar surface area (TPSA) is 65.2 Å². The molecule has 2 fully saturated rings. The Balaban J connectivity index is 1.67. The van der Waals surface area contributed by atoms with Crippen LogP contribution in [0.4, 0.5) is 0 Å². The van der Waals surface area contributed by atoms with Crippen LogP contribution in [0.25, 0.3) is 0 Å². The molecular weight excluding hydrogens is 230 g/mol. The molecule has 2 saturated heterocycles. The minimum Gasteiger partial charge on any atom is -0.357 e. The third kappa shape index (κ3) is 2.00. The van der Waals surface area contributed by atoms with Gasteiger partial charge in [-0.15, -0.1) is 0 Å². The molecule has 96 valence electrons. The first-order valence-electron chi connectivity index (χ1n) is 6.46. The van der Waals surface area contributed by atoms with Crippen LogP contribution in [-0.4, -0.2) is 40.8 Å². The highest BCUT2D eigenvalue weighted by Crippen LogP contribution is 2.26. The van der Waals surface area contributed by atoms with Gasteiger partial charge in [0.2, 0.25) is 5.91 Å². The number of likely N-dealkylation sites (tertiary alicyclic amines) is 1. The van der Waals surface area contributed by atoms with Crippen molar-refractivity contribution in [2.24, 2.45) is 5.92 Å². The van der Waals surface area contributed by atoms with Gasteiger partial charge in [-0.05, 0) is 30.9 Å². The standard InChI is InChI=1S/C13H17N3O2/c17-12-4-3-9-8-16(7-5-10(9)15-12)13(18)11-2-1-6-14-11/h1-2,6,9-10,14H,3-5,7-8H2,(H,15,17). The van der Waals surface area contributed by atoms with Gasteiger partial charge < -0.3 is 15.2 Å². The van der Waals surface area contributed by atoms with Crippen LogP contribution >= 0.6 is 0 Å². The molecular formula is C13H17N3O2. The lowest BCUT2D eigenvalue weighted by Gasteiger charge is -2.41. The van der Waals surface area contributed by atoms with Crippen LogP contribution in [0, 0.1) is 5.92 Å². The number of piperidine rings is 2. The van der Waals surface area contributed by atoms with Gasteiger partial charge in [-0.2, -0.15) is 0 Å². The van der Waals surface area contributed by atoms with Crippen molar-refractivity contribution in [3.8, 4) is 0 Å². The van der Waals surface area contributed by atoms with E-state index in [1.807, 2.05) is 11.0 Å². The lowest BCUT2D eigenvalue weighted by atomic mass is 9.85. The Morgan fingerprint density at radius 1 is 1.39 bits per heavy atom. The van der Waals surface area contributed by atoms with Crippen molar-refractivity contribution >= 4 is 11.8 Å². The fraction of sp³-hybridized carbons (Fsp3) is 0.538. The Hall–Kier alpha value is -1.78. The molecule has 0 bridgehead atoms. The molecule has 1 aromatic rings. The van der Waals surface area contributed by atoms with Crippen molar-refractivity contribution < 1.29 is 9.59 Å². The first-order valence-corrected chi connectivity index (χ1v) is 6.46. The molecule has 2 aliphatic rings. The summed E-state index contributed by atoms with van der Waals surface area (Å²) in [5.41, 5.74) is 0.647. The van der Waals surface area contributed by atoms with E-state index in [1.165, 1.54) is 0 Å². The van der Waals surface area contributed by atoms with Crippen LogP contribution in [0.3, 0.4) is 0 Å². The third-order valence-corrected chi connectivity index (χ3v) is 3.94. The molecule has 0 radical (unpaired) electrons. The summed E-state index contributed by atoms with van der Waals surface area (Å²) in [5.74, 6) is 0.631. The summed E-state index contributed by atoms with van der Waals surface area (Å²) in [6.45, 7) is 1.47. The molecule has 2 N–H and O–H groups in total. The van der Waals surface area contributed by atoms with Crippen molar-refractivity contribution in [1.82, 2.24) is 15.2 Å². The summed E-state index contributed by atoms with van der Waals surface area (Å²) in [5, 5.41) is 3.03. The number of aromatic amines is 1. The maximum Gasteiger partial charge on any atom is 0.270 e. The third-order valence-electron chi connectivity index (χ3n) is 3.94. The number of carbonyl (C=O) groups excluding carboxylic acids is 2. The van der Waals surface area contributed by atoms with Gasteiger partial charge in [0.05, 0.1) is 0 Å². The fourth-order valence-corrected chi connectivity index (χ4v) is 2.93. The van der Waals surface area contributed by atoms with Crippen molar-refractivity contribution in [1.29, 1.82) is 0 Å². The molecule has 2 unspecified atom stereocenters. The predicted octanol–water partition coefficient (Wildman–Crippen LogP) is 0.755. The minimum absolute atomic E-state index is 0.0651. The van der Waals surface area contributed by atoms with Gasteiger partial charge >= 0.3 is 0 Å². The van der Waals surface area contributed by atoms with Gasteiger partial charge in [0.1, 0.15) is 5.69 Å². The Labute approximate surface area is 106 Å². The second-order valence-corrected chi connectivity index (χ2v) is 5.10. The van der Waals surface area contributed by atoms with Gasteiger partial charge in [-0.3, -0.25) is 9.59 Å². The number of amides is 2. The average Bonchev–Trinajstić information content (AvgIpc) is 2.91. The molecule has 5 heteroatoms. The zero-order valence-electron chi connectivity index (χ0n) is 10.2. The van der Waals surface area contributed by atoms with Crippen molar-refractivity contribution in [3.05, 3.63) is 24.0 Å². The highest BCUT2D eigenvalue weighted by molar-refractivity contribution is 5.92. The van der Waals surface area contributed by atoms with Crippen molar-refractivity contribution in [2.45, 2.75) is 25.3 Å². The molecule has 3 heterocycles. The summed E-state index contributed by atoms with van der Waals surface area (Å²) in [4.78, 5) is 28.4. The average molecular weight is 247 g/mol. The van der Waals surface area contributed by atoms with E-state index >= 15 is 0 Å². The normalized spacial score (nSPS) is 27.6. The van der Waals surface area contributed by atoms with Crippen molar-refractivity contribution in [3.63, 3.8) is 0 Å². The molecule has 3 rings (SSSR count). The van der Waals surface area contributed by atoms with Crippen LogP contribution in [0.5, 0.6) is 0 Å². The smallest absolute Gasteiger partial charge is 0.270 e. The van der Waals surface area contributed by atoms with Crippen LogP contribution < -0.4 is 5.32 Å². The van der Waals surface area contributed by atoms with E-state index in [-0.39, 0.29) is 17.9 Å². The Bertz CT molecular complexity index is 455. The van der Waals surface area contributed by atoms with Crippen molar-refractivity contribution in [2.75, 3.05) is 13.1 Å². The number of hydrogen-bond donors (Lipinski definition) is 2. The lowest BCUT2D eigenvalue weighted by molar-refractivity contribution is -0.125. The molecule has 2 amide bonds. The Morgan fingerprint density at radius 3 is 3.06 bits per heavy atom. The van der Waals surface area contributed by atoms with Crippen LogP contribution in [0.2, 0.25) is 0 Å². The predicted molar refractivity (Wildman–Crippen MR) is 66.0 cm³/mol. The summed E-state index contributed by atoms with van der Waals surface area (Å²) < 4.78 is 0. The first-order chi connectivity index (χ1) is 8.74. The number of H-pyrrole nitrogens is 1. The molecule has 0 saturated carbocycles. The zero-order chi connectivity index (χ0) is 12.5. The van der Waals surface area contributed by atoms with E-state index in [9.17, 15) is 9.59 Å². The second kappa shape index (κ2) is 4.48. The van der Waals surface area contributed by atoms with E-state index < -0.39 is 0 Å². The zero-order valence-corrected chi connectivity index (χ0v) is 10.2. The fourth-order valence-electron chi connectivity index (χ4n) is 2.93. The summed E-state index contributed by atoms with van der Waals surface area (Å²) in [6, 6.07) is 3.90. The SMILES string of the molecule is O=C1CCC2CN(C(=O)c3ccc[nH]3)CCC2N1. The summed E-state index contributed by atoms with van der Waals surface area (Å²) in [7, 11) is 0. The van der Waals surface area contributed by atoms with Gasteiger partial charge in [0, 0.05) is 31.7 Å². The van der Waals surface area contributed by atoms with Gasteiger partial charge in [-0.25, -0.2) is 0 Å². The van der Waals surface area contributed by atoms with Crippen LogP contribution in [0.15, 0.2) is 18.3 Å². The quantitative estimate of drug-likeness (QED) is 0.769. The van der Waals surface area contributed by atoms with Gasteiger partial charge in [0.25, 0.3) is 5.91 Å². The Kier molecular flexibility index (Phi) is 2.81. The molecule has 1 aromatic heterocycles. The molecule has 0 aromatic carbocycles. The molecule has 2 aliphatic heterocycles. The maximum absolute atomic E-state index is 12.2. The number of aromatic nitrogens is 1.